The molecule has 0 spiro atoms. The van der Waals surface area contributed by atoms with Crippen molar-refractivity contribution in [1.29, 1.82) is 0 Å². The average molecular weight is 316 g/mol. The first-order valence-electron chi connectivity index (χ1n) is 9.14. The van der Waals surface area contributed by atoms with Gasteiger partial charge in [0.1, 0.15) is 5.82 Å². The first-order chi connectivity index (χ1) is 11.3. The highest BCUT2D eigenvalue weighted by molar-refractivity contribution is 5.79. The fraction of sp³-hybridized carbons (Fsp3) is 0.722. The van der Waals surface area contributed by atoms with Crippen LogP contribution in [0, 0.1) is 5.92 Å². The van der Waals surface area contributed by atoms with Gasteiger partial charge in [-0.15, -0.1) is 0 Å². The van der Waals surface area contributed by atoms with Gasteiger partial charge in [0.15, 0.2) is 0 Å². The highest BCUT2D eigenvalue weighted by Crippen LogP contribution is 2.22. The molecule has 0 aromatic carbocycles. The minimum atomic E-state index is 0.0798. The fourth-order valence-corrected chi connectivity index (χ4v) is 3.77. The van der Waals surface area contributed by atoms with Crippen molar-refractivity contribution in [3.05, 3.63) is 18.6 Å². The van der Waals surface area contributed by atoms with Crippen LogP contribution in [-0.2, 0) is 4.79 Å². The van der Waals surface area contributed by atoms with Crippen LogP contribution >= 0.6 is 0 Å². The minimum Gasteiger partial charge on any atom is -0.355 e. The lowest BCUT2D eigenvalue weighted by Gasteiger charge is -2.33. The lowest BCUT2D eigenvalue weighted by molar-refractivity contribution is -0.126. The number of amides is 1. The van der Waals surface area contributed by atoms with Gasteiger partial charge in [-0.1, -0.05) is 32.1 Å². The first-order valence-corrected chi connectivity index (χ1v) is 9.14. The molecule has 1 aliphatic heterocycles. The van der Waals surface area contributed by atoms with Gasteiger partial charge in [0.2, 0.25) is 5.91 Å². The molecule has 1 unspecified atom stereocenters. The number of aromatic nitrogens is 2. The van der Waals surface area contributed by atoms with E-state index < -0.39 is 0 Å². The van der Waals surface area contributed by atoms with Crippen LogP contribution in [0.25, 0.3) is 0 Å². The predicted molar refractivity (Wildman–Crippen MR) is 91.2 cm³/mol. The molecule has 1 aliphatic carbocycles. The SMILES string of the molecule is O=C(NC1CCCCCCC1)C1CCCN(c2cnccn2)C1. The van der Waals surface area contributed by atoms with Crippen molar-refractivity contribution in [2.24, 2.45) is 5.92 Å². The Morgan fingerprint density at radius 1 is 1.04 bits per heavy atom. The molecule has 0 bridgehead atoms. The molecule has 2 heterocycles. The third kappa shape index (κ3) is 4.66. The number of hydrogen-bond acceptors (Lipinski definition) is 4. The molecule has 23 heavy (non-hydrogen) atoms. The standard InChI is InChI=1S/C18H28N4O/c23-18(21-16-8-4-2-1-3-5-9-16)15-7-6-12-22(14-15)17-13-19-10-11-20-17/h10-11,13,15-16H,1-9,12,14H2,(H,21,23). The van der Waals surface area contributed by atoms with Crippen LogP contribution in [0.2, 0.25) is 0 Å². The molecular weight excluding hydrogens is 288 g/mol. The van der Waals surface area contributed by atoms with Gasteiger partial charge in [-0.3, -0.25) is 9.78 Å². The largest absolute Gasteiger partial charge is 0.355 e. The van der Waals surface area contributed by atoms with E-state index in [0.29, 0.717) is 6.04 Å². The number of carbonyl (C=O) groups is 1. The molecule has 1 saturated heterocycles. The molecule has 1 atom stereocenters. The normalized spacial score (nSPS) is 23.8. The number of anilines is 1. The first kappa shape index (κ1) is 16.2. The molecule has 1 aromatic heterocycles. The minimum absolute atomic E-state index is 0.0798. The quantitative estimate of drug-likeness (QED) is 0.931. The zero-order valence-corrected chi connectivity index (χ0v) is 13.9. The van der Waals surface area contributed by atoms with Crippen molar-refractivity contribution in [2.45, 2.75) is 63.8 Å². The molecule has 5 nitrogen and oxygen atoms in total. The number of nitrogens with zero attached hydrogens (tertiary/aromatic N) is 3. The van der Waals surface area contributed by atoms with Crippen molar-refractivity contribution in [2.75, 3.05) is 18.0 Å². The van der Waals surface area contributed by atoms with E-state index in [9.17, 15) is 4.79 Å². The fourth-order valence-electron chi connectivity index (χ4n) is 3.77. The zero-order valence-electron chi connectivity index (χ0n) is 13.9. The molecule has 1 aromatic rings. The number of hydrogen-bond donors (Lipinski definition) is 1. The van der Waals surface area contributed by atoms with Gasteiger partial charge in [0.05, 0.1) is 12.1 Å². The molecule has 1 N–H and O–H groups in total. The number of rotatable bonds is 3. The molecule has 5 heteroatoms. The summed E-state index contributed by atoms with van der Waals surface area (Å²) in [6.45, 7) is 1.73. The van der Waals surface area contributed by atoms with Crippen LogP contribution in [0.1, 0.15) is 57.8 Å². The van der Waals surface area contributed by atoms with E-state index in [2.05, 4.69) is 20.2 Å². The second-order valence-electron chi connectivity index (χ2n) is 6.90. The van der Waals surface area contributed by atoms with Gasteiger partial charge in [0.25, 0.3) is 0 Å². The summed E-state index contributed by atoms with van der Waals surface area (Å²) in [6.07, 6.45) is 16.0. The summed E-state index contributed by atoms with van der Waals surface area (Å²) in [7, 11) is 0. The lowest BCUT2D eigenvalue weighted by atomic mass is 9.94. The summed E-state index contributed by atoms with van der Waals surface area (Å²) in [4.78, 5) is 23.4. The highest BCUT2D eigenvalue weighted by Gasteiger charge is 2.28. The Hall–Kier alpha value is -1.65. The van der Waals surface area contributed by atoms with Crippen molar-refractivity contribution in [1.82, 2.24) is 15.3 Å². The third-order valence-electron chi connectivity index (χ3n) is 5.12. The monoisotopic (exact) mass is 316 g/mol. The van der Waals surface area contributed by atoms with Gasteiger partial charge < -0.3 is 10.2 Å². The van der Waals surface area contributed by atoms with E-state index in [1.54, 1.807) is 18.6 Å². The van der Waals surface area contributed by atoms with E-state index in [-0.39, 0.29) is 11.8 Å². The number of piperidine rings is 1. The Labute approximate surface area is 138 Å². The van der Waals surface area contributed by atoms with Gasteiger partial charge >= 0.3 is 0 Å². The third-order valence-corrected chi connectivity index (χ3v) is 5.12. The summed E-state index contributed by atoms with van der Waals surface area (Å²) >= 11 is 0. The topological polar surface area (TPSA) is 58.1 Å². The van der Waals surface area contributed by atoms with Gasteiger partial charge in [-0.2, -0.15) is 0 Å². The van der Waals surface area contributed by atoms with Crippen LogP contribution in [-0.4, -0.2) is 35.0 Å². The van der Waals surface area contributed by atoms with Crippen LogP contribution in [0.15, 0.2) is 18.6 Å². The Kier molecular flexibility index (Phi) is 5.83. The van der Waals surface area contributed by atoms with Crippen LogP contribution in [0.5, 0.6) is 0 Å². The summed E-state index contributed by atoms with van der Waals surface area (Å²) < 4.78 is 0. The van der Waals surface area contributed by atoms with Crippen molar-refractivity contribution in [3.63, 3.8) is 0 Å². The Morgan fingerprint density at radius 3 is 2.57 bits per heavy atom. The second-order valence-corrected chi connectivity index (χ2v) is 6.90. The Balaban J connectivity index is 1.54. The molecule has 0 radical (unpaired) electrons. The Bertz CT molecular complexity index is 485. The lowest BCUT2D eigenvalue weighted by Crippen LogP contribution is -2.46. The van der Waals surface area contributed by atoms with E-state index in [1.807, 2.05) is 0 Å². The van der Waals surface area contributed by atoms with Crippen LogP contribution in [0.3, 0.4) is 0 Å². The maximum atomic E-state index is 12.7. The molecule has 1 saturated carbocycles. The van der Waals surface area contributed by atoms with Crippen LogP contribution in [0.4, 0.5) is 5.82 Å². The van der Waals surface area contributed by atoms with Gasteiger partial charge in [-0.25, -0.2) is 4.98 Å². The van der Waals surface area contributed by atoms with Crippen LogP contribution < -0.4 is 10.2 Å². The van der Waals surface area contributed by atoms with Crippen molar-refractivity contribution < 1.29 is 4.79 Å². The summed E-state index contributed by atoms with van der Waals surface area (Å²) in [6, 6.07) is 0.384. The summed E-state index contributed by atoms with van der Waals surface area (Å²) in [5, 5.41) is 3.33. The molecule has 126 valence electrons. The molecule has 1 amide bonds. The number of carbonyl (C=O) groups excluding carboxylic acids is 1. The predicted octanol–water partition coefficient (Wildman–Crippen LogP) is 2.92. The van der Waals surface area contributed by atoms with E-state index >= 15 is 0 Å². The highest BCUT2D eigenvalue weighted by atomic mass is 16.2. The molecule has 2 aliphatic rings. The van der Waals surface area contributed by atoms with Gasteiger partial charge in [0, 0.05) is 31.5 Å². The zero-order chi connectivity index (χ0) is 15.9. The van der Waals surface area contributed by atoms with E-state index in [0.717, 1.165) is 44.6 Å². The van der Waals surface area contributed by atoms with Crippen molar-refractivity contribution in [3.8, 4) is 0 Å². The maximum Gasteiger partial charge on any atom is 0.225 e. The second kappa shape index (κ2) is 8.27. The molecule has 3 rings (SSSR count). The average Bonchev–Trinajstić information content (AvgIpc) is 2.58. The molecule has 2 fully saturated rings. The van der Waals surface area contributed by atoms with Gasteiger partial charge in [-0.05, 0) is 25.7 Å². The summed E-state index contributed by atoms with van der Waals surface area (Å²) in [5.41, 5.74) is 0. The maximum absolute atomic E-state index is 12.7. The molecular formula is C18H28N4O. The Morgan fingerprint density at radius 2 is 1.83 bits per heavy atom. The van der Waals surface area contributed by atoms with Crippen molar-refractivity contribution >= 4 is 11.7 Å². The summed E-state index contributed by atoms with van der Waals surface area (Å²) in [5.74, 6) is 1.20. The van der Waals surface area contributed by atoms with E-state index in [4.69, 9.17) is 0 Å². The number of nitrogens with one attached hydrogen (secondary N) is 1. The van der Waals surface area contributed by atoms with E-state index in [1.165, 1.54) is 32.1 Å². The smallest absolute Gasteiger partial charge is 0.225 e.